The monoisotopic (exact) mass is 278 g/mol. The van der Waals surface area contributed by atoms with Gasteiger partial charge in [-0.05, 0) is 18.6 Å². The molecule has 0 spiro atoms. The lowest BCUT2D eigenvalue weighted by molar-refractivity contribution is 0.0702. The van der Waals surface area contributed by atoms with Crippen LogP contribution in [0.4, 0.5) is 0 Å². The van der Waals surface area contributed by atoms with E-state index in [0.717, 1.165) is 17.0 Å². The Bertz CT molecular complexity index is 692. The molecule has 18 heavy (non-hydrogen) atoms. The minimum absolute atomic E-state index is 0.310. The van der Waals surface area contributed by atoms with Gasteiger partial charge in [0, 0.05) is 17.3 Å². The van der Waals surface area contributed by atoms with Crippen molar-refractivity contribution in [2.24, 2.45) is 0 Å². The summed E-state index contributed by atoms with van der Waals surface area (Å²) in [5, 5.41) is 8.90. The number of hydrogen-bond donors (Lipinski definition) is 1. The Morgan fingerprint density at radius 2 is 2.22 bits per heavy atom. The molecule has 0 aromatic carbocycles. The summed E-state index contributed by atoms with van der Waals surface area (Å²) in [4.78, 5) is 18.8. The maximum absolute atomic E-state index is 10.8. The highest BCUT2D eigenvalue weighted by atomic mass is 32.1. The molecule has 92 valence electrons. The van der Waals surface area contributed by atoms with Crippen molar-refractivity contribution in [1.29, 1.82) is 0 Å². The number of aromatic carboxylic acids is 1. The van der Waals surface area contributed by atoms with Crippen molar-refractivity contribution >= 4 is 33.6 Å². The normalized spacial score (nSPS) is 11.2. The summed E-state index contributed by atoms with van der Waals surface area (Å²) in [6.45, 7) is 2.13. The lowest BCUT2D eigenvalue weighted by atomic mass is 10.3. The highest BCUT2D eigenvalue weighted by molar-refractivity contribution is 7.18. The molecular weight excluding hydrogens is 268 g/mol. The Hall–Kier alpha value is -1.66. The van der Waals surface area contributed by atoms with Gasteiger partial charge in [-0.15, -0.1) is 11.3 Å². The SMILES string of the molecule is CCc1ccc(-c2cn3cc(C(=O)O)sc3n2)s1. The van der Waals surface area contributed by atoms with E-state index in [1.165, 1.54) is 16.2 Å². The van der Waals surface area contributed by atoms with Crippen LogP contribution in [0.3, 0.4) is 0 Å². The van der Waals surface area contributed by atoms with Gasteiger partial charge >= 0.3 is 5.97 Å². The number of carboxylic acids is 1. The van der Waals surface area contributed by atoms with E-state index in [1.54, 1.807) is 21.9 Å². The number of rotatable bonds is 3. The summed E-state index contributed by atoms with van der Waals surface area (Å²) in [6, 6.07) is 4.17. The number of aromatic nitrogens is 2. The summed E-state index contributed by atoms with van der Waals surface area (Å²) in [7, 11) is 0. The predicted molar refractivity (Wildman–Crippen MR) is 72.7 cm³/mol. The van der Waals surface area contributed by atoms with E-state index in [0.29, 0.717) is 9.84 Å². The van der Waals surface area contributed by atoms with Crippen molar-refractivity contribution in [2.45, 2.75) is 13.3 Å². The van der Waals surface area contributed by atoms with Crippen molar-refractivity contribution in [2.75, 3.05) is 0 Å². The van der Waals surface area contributed by atoms with Gasteiger partial charge in [-0.3, -0.25) is 4.40 Å². The predicted octanol–water partition coefficient (Wildman–Crippen LogP) is 3.38. The Morgan fingerprint density at radius 3 is 2.83 bits per heavy atom. The lowest BCUT2D eigenvalue weighted by Gasteiger charge is -1.88. The van der Waals surface area contributed by atoms with Crippen LogP contribution in [-0.4, -0.2) is 20.5 Å². The summed E-state index contributed by atoms with van der Waals surface area (Å²) in [5.74, 6) is -0.906. The van der Waals surface area contributed by atoms with Crippen LogP contribution in [0.5, 0.6) is 0 Å². The molecule has 6 heteroatoms. The first-order chi connectivity index (χ1) is 8.67. The largest absolute Gasteiger partial charge is 0.477 e. The minimum atomic E-state index is -0.906. The van der Waals surface area contributed by atoms with Crippen molar-refractivity contribution < 1.29 is 9.90 Å². The highest BCUT2D eigenvalue weighted by Gasteiger charge is 2.12. The first-order valence-corrected chi connectivity index (χ1v) is 7.11. The lowest BCUT2D eigenvalue weighted by Crippen LogP contribution is -1.90. The van der Waals surface area contributed by atoms with Gasteiger partial charge in [0.25, 0.3) is 0 Å². The van der Waals surface area contributed by atoms with Gasteiger partial charge < -0.3 is 5.11 Å². The average molecular weight is 278 g/mol. The van der Waals surface area contributed by atoms with Crippen LogP contribution in [-0.2, 0) is 6.42 Å². The molecule has 0 atom stereocenters. The molecule has 0 amide bonds. The number of thiophene rings is 1. The van der Waals surface area contributed by atoms with Crippen LogP contribution < -0.4 is 0 Å². The van der Waals surface area contributed by atoms with E-state index in [1.807, 2.05) is 6.20 Å². The number of carbonyl (C=O) groups is 1. The molecule has 4 nitrogen and oxygen atoms in total. The third-order valence-corrected chi connectivity index (χ3v) is 4.87. The van der Waals surface area contributed by atoms with E-state index in [2.05, 4.69) is 24.0 Å². The molecule has 1 N–H and O–H groups in total. The third-order valence-electron chi connectivity index (χ3n) is 2.63. The quantitative estimate of drug-likeness (QED) is 0.799. The molecule has 3 aromatic rings. The van der Waals surface area contributed by atoms with Gasteiger partial charge in [0.05, 0.1) is 4.88 Å². The molecule has 0 aliphatic carbocycles. The van der Waals surface area contributed by atoms with Crippen LogP contribution >= 0.6 is 22.7 Å². The Morgan fingerprint density at radius 1 is 1.39 bits per heavy atom. The average Bonchev–Trinajstić information content (AvgIpc) is 3.01. The molecule has 3 rings (SSSR count). The van der Waals surface area contributed by atoms with Gasteiger partial charge in [-0.25, -0.2) is 9.78 Å². The fourth-order valence-electron chi connectivity index (χ4n) is 1.72. The van der Waals surface area contributed by atoms with Gasteiger partial charge in [-0.2, -0.15) is 0 Å². The summed E-state index contributed by atoms with van der Waals surface area (Å²) in [5.41, 5.74) is 0.905. The van der Waals surface area contributed by atoms with Crippen LogP contribution in [0.1, 0.15) is 21.5 Å². The highest BCUT2D eigenvalue weighted by Crippen LogP contribution is 2.29. The van der Waals surface area contributed by atoms with Gasteiger partial charge in [0.15, 0.2) is 4.96 Å². The molecule has 3 aromatic heterocycles. The molecular formula is C12H10N2O2S2. The number of fused-ring (bicyclic) bond motifs is 1. The molecule has 0 fully saturated rings. The second-order valence-electron chi connectivity index (χ2n) is 3.84. The standard InChI is InChI=1S/C12H10N2O2S2/c1-2-7-3-4-9(17-7)8-5-14-6-10(11(15)16)18-12(14)13-8/h3-6H,2H2,1H3,(H,15,16). The molecule has 0 aliphatic rings. The van der Waals surface area contributed by atoms with Crippen molar-refractivity contribution in [3.8, 4) is 10.6 Å². The molecule has 0 saturated heterocycles. The van der Waals surface area contributed by atoms with E-state index >= 15 is 0 Å². The zero-order valence-corrected chi connectivity index (χ0v) is 11.2. The van der Waals surface area contributed by atoms with Crippen LogP contribution in [0.15, 0.2) is 24.5 Å². The number of thiazole rings is 1. The number of hydrogen-bond acceptors (Lipinski definition) is 4. The molecule has 0 saturated carbocycles. The second-order valence-corrected chi connectivity index (χ2v) is 6.01. The third kappa shape index (κ3) is 1.83. The Kier molecular flexibility index (Phi) is 2.68. The van der Waals surface area contributed by atoms with Crippen LogP contribution in [0.25, 0.3) is 15.5 Å². The van der Waals surface area contributed by atoms with Crippen molar-refractivity contribution in [3.63, 3.8) is 0 Å². The zero-order valence-electron chi connectivity index (χ0n) is 9.58. The van der Waals surface area contributed by atoms with Crippen molar-refractivity contribution in [1.82, 2.24) is 9.38 Å². The first kappa shape index (κ1) is 11.4. The fourth-order valence-corrected chi connectivity index (χ4v) is 3.43. The summed E-state index contributed by atoms with van der Waals surface area (Å²) < 4.78 is 1.77. The summed E-state index contributed by atoms with van der Waals surface area (Å²) >= 11 is 2.92. The number of aryl methyl sites for hydroxylation is 1. The van der Waals surface area contributed by atoms with Crippen LogP contribution in [0.2, 0.25) is 0 Å². The van der Waals surface area contributed by atoms with E-state index in [4.69, 9.17) is 5.11 Å². The Labute approximate surface area is 111 Å². The molecule has 3 heterocycles. The topological polar surface area (TPSA) is 54.6 Å². The van der Waals surface area contributed by atoms with E-state index in [9.17, 15) is 4.79 Å². The first-order valence-electron chi connectivity index (χ1n) is 5.48. The molecule has 0 radical (unpaired) electrons. The van der Waals surface area contributed by atoms with Gasteiger partial charge in [0.1, 0.15) is 10.6 Å². The Balaban J connectivity index is 2.03. The number of carboxylic acid groups (broad SMARTS) is 1. The van der Waals surface area contributed by atoms with Gasteiger partial charge in [-0.1, -0.05) is 18.3 Å². The maximum Gasteiger partial charge on any atom is 0.347 e. The zero-order chi connectivity index (χ0) is 12.7. The smallest absolute Gasteiger partial charge is 0.347 e. The fraction of sp³-hybridized carbons (Fsp3) is 0.167. The number of nitrogens with zero attached hydrogens (tertiary/aromatic N) is 2. The maximum atomic E-state index is 10.8. The molecule has 0 unspecified atom stereocenters. The number of imidazole rings is 1. The van der Waals surface area contributed by atoms with E-state index in [-0.39, 0.29) is 0 Å². The van der Waals surface area contributed by atoms with Crippen molar-refractivity contribution in [3.05, 3.63) is 34.3 Å². The molecule has 0 bridgehead atoms. The summed E-state index contributed by atoms with van der Waals surface area (Å²) in [6.07, 6.45) is 4.51. The molecule has 0 aliphatic heterocycles. The van der Waals surface area contributed by atoms with E-state index < -0.39 is 5.97 Å². The van der Waals surface area contributed by atoms with Crippen LogP contribution in [0, 0.1) is 0 Å². The second kappa shape index (κ2) is 4.22. The minimum Gasteiger partial charge on any atom is -0.477 e. The van der Waals surface area contributed by atoms with Gasteiger partial charge in [0.2, 0.25) is 0 Å².